The lowest BCUT2D eigenvalue weighted by Gasteiger charge is -2.11. The number of thiocarbonyl (C=S) groups is 2. The van der Waals surface area contributed by atoms with Crippen molar-refractivity contribution in [2.75, 3.05) is 14.2 Å². The van der Waals surface area contributed by atoms with E-state index in [0.29, 0.717) is 17.8 Å². The van der Waals surface area contributed by atoms with E-state index in [2.05, 4.69) is 37.0 Å². The zero-order chi connectivity index (χ0) is 28.8. The molecule has 0 atom stereocenters. The maximum absolute atomic E-state index is 5.34. The normalized spacial score (nSPS) is 13.8. The minimum Gasteiger partial charge on any atom is -0.497 e. The molecule has 0 aromatic heterocycles. The lowest BCUT2D eigenvalue weighted by molar-refractivity contribution is 0.414. The molecule has 206 valence electrons. The summed E-state index contributed by atoms with van der Waals surface area (Å²) < 4.78 is 11.7. The average Bonchev–Trinajstić information content (AvgIpc) is 3.27. The summed E-state index contributed by atoms with van der Waals surface area (Å²) >= 11 is 14.0. The van der Waals surface area contributed by atoms with Gasteiger partial charge in [-0.3, -0.25) is 10.9 Å². The highest BCUT2D eigenvalue weighted by molar-refractivity contribution is 9.10. The lowest BCUT2D eigenvalue weighted by Crippen LogP contribution is -2.16. The Kier molecular flexibility index (Phi) is 9.18. The van der Waals surface area contributed by atoms with Crippen LogP contribution < -0.4 is 20.3 Å². The number of methoxy groups -OCH3 is 2. The van der Waals surface area contributed by atoms with Crippen molar-refractivity contribution in [2.45, 2.75) is 12.8 Å². The van der Waals surface area contributed by atoms with Crippen LogP contribution in [0.2, 0.25) is 0 Å². The third-order valence-corrected chi connectivity index (χ3v) is 7.60. The Balaban J connectivity index is 0.000000165. The zero-order valence-corrected chi connectivity index (χ0v) is 25.7. The van der Waals surface area contributed by atoms with Crippen LogP contribution in [0.15, 0.2) is 106 Å². The van der Waals surface area contributed by atoms with Gasteiger partial charge < -0.3 is 9.47 Å². The topological polar surface area (TPSA) is 67.2 Å². The molecule has 2 aliphatic rings. The van der Waals surface area contributed by atoms with Gasteiger partial charge in [0.25, 0.3) is 0 Å². The van der Waals surface area contributed by atoms with Crippen LogP contribution in [0, 0.1) is 0 Å². The first-order chi connectivity index (χ1) is 19.9. The molecule has 0 saturated carbocycles. The van der Waals surface area contributed by atoms with Gasteiger partial charge >= 0.3 is 0 Å². The predicted octanol–water partition coefficient (Wildman–Crippen LogP) is 6.60. The molecule has 9 heteroatoms. The lowest BCUT2D eigenvalue weighted by atomic mass is 9.96. The van der Waals surface area contributed by atoms with Crippen LogP contribution in [0.5, 0.6) is 11.5 Å². The van der Waals surface area contributed by atoms with E-state index >= 15 is 0 Å². The Morgan fingerprint density at radius 3 is 1.56 bits per heavy atom. The third-order valence-electron chi connectivity index (χ3n) is 6.60. The van der Waals surface area contributed by atoms with Crippen molar-refractivity contribution in [1.82, 2.24) is 10.9 Å². The maximum atomic E-state index is 5.34. The van der Waals surface area contributed by atoms with Gasteiger partial charge in [0.2, 0.25) is 0 Å². The monoisotopic (exact) mass is 642 g/mol. The SMILES string of the molecule is COc1ccc2c(c1)C(c1ccc(Br)cc1)=NNC(=S)C2.COc1ccc2c(c1)C(c1ccccc1)=NNC(=S)C2. The highest BCUT2D eigenvalue weighted by Gasteiger charge is 2.19. The molecule has 0 saturated heterocycles. The van der Waals surface area contributed by atoms with E-state index < -0.39 is 0 Å². The van der Waals surface area contributed by atoms with Crippen LogP contribution in [0.4, 0.5) is 0 Å². The molecule has 6 rings (SSSR count). The fourth-order valence-corrected chi connectivity index (χ4v) is 5.21. The smallest absolute Gasteiger partial charge is 0.119 e. The van der Waals surface area contributed by atoms with Gasteiger partial charge in [-0.2, -0.15) is 10.2 Å². The van der Waals surface area contributed by atoms with Gasteiger partial charge in [-0.15, -0.1) is 0 Å². The van der Waals surface area contributed by atoms with Crippen LogP contribution in [0.1, 0.15) is 33.4 Å². The number of hydrogen-bond acceptors (Lipinski definition) is 6. The molecule has 0 spiro atoms. The number of nitrogens with zero attached hydrogens (tertiary/aromatic N) is 2. The van der Waals surface area contributed by atoms with Crippen molar-refractivity contribution in [3.05, 3.63) is 129 Å². The molecular formula is C32H27BrN4O2S2. The molecule has 6 nitrogen and oxygen atoms in total. The van der Waals surface area contributed by atoms with Crippen molar-refractivity contribution >= 4 is 61.8 Å². The summed E-state index contributed by atoms with van der Waals surface area (Å²) in [6.45, 7) is 0. The molecule has 0 bridgehead atoms. The number of nitrogens with one attached hydrogen (secondary N) is 2. The fourth-order valence-electron chi connectivity index (χ4n) is 4.54. The molecule has 0 unspecified atom stereocenters. The second-order valence-corrected chi connectivity index (χ2v) is 11.2. The third kappa shape index (κ3) is 6.87. The van der Waals surface area contributed by atoms with Gasteiger partial charge in [0.1, 0.15) is 21.5 Å². The van der Waals surface area contributed by atoms with Gasteiger partial charge in [0, 0.05) is 39.6 Å². The number of ether oxygens (including phenoxy) is 2. The van der Waals surface area contributed by atoms with Crippen molar-refractivity contribution in [3.8, 4) is 11.5 Å². The van der Waals surface area contributed by atoms with Gasteiger partial charge in [0.05, 0.1) is 25.6 Å². The Bertz CT molecular complexity index is 1650. The van der Waals surface area contributed by atoms with Crippen LogP contribution in [0.3, 0.4) is 0 Å². The van der Waals surface area contributed by atoms with Crippen molar-refractivity contribution in [1.29, 1.82) is 0 Å². The second-order valence-electron chi connectivity index (χ2n) is 9.26. The van der Waals surface area contributed by atoms with Crippen molar-refractivity contribution < 1.29 is 9.47 Å². The number of hydrazone groups is 2. The number of benzene rings is 4. The van der Waals surface area contributed by atoms with Gasteiger partial charge in [-0.05, 0) is 47.5 Å². The second kappa shape index (κ2) is 13.2. The van der Waals surface area contributed by atoms with E-state index in [1.807, 2.05) is 91.0 Å². The minimum absolute atomic E-state index is 0.679. The van der Waals surface area contributed by atoms with Crippen molar-refractivity contribution in [3.63, 3.8) is 0 Å². The molecule has 0 aliphatic carbocycles. The van der Waals surface area contributed by atoms with Crippen LogP contribution >= 0.6 is 40.4 Å². The van der Waals surface area contributed by atoms with E-state index in [1.54, 1.807) is 14.2 Å². The predicted molar refractivity (Wildman–Crippen MR) is 177 cm³/mol. The maximum Gasteiger partial charge on any atom is 0.119 e. The molecule has 0 amide bonds. The number of fused-ring (bicyclic) bond motifs is 2. The molecule has 41 heavy (non-hydrogen) atoms. The van der Waals surface area contributed by atoms with Gasteiger partial charge in [-0.25, -0.2) is 0 Å². The van der Waals surface area contributed by atoms with Gasteiger partial charge in [0.15, 0.2) is 0 Å². The number of hydrogen-bond donors (Lipinski definition) is 2. The van der Waals surface area contributed by atoms with E-state index in [-0.39, 0.29) is 0 Å². The molecule has 2 heterocycles. The first-order valence-electron chi connectivity index (χ1n) is 12.8. The quantitative estimate of drug-likeness (QED) is 0.244. The average molecular weight is 644 g/mol. The molecule has 0 fully saturated rings. The molecule has 2 aliphatic heterocycles. The number of halogens is 1. The molecule has 2 N–H and O–H groups in total. The molecule has 4 aromatic carbocycles. The summed E-state index contributed by atoms with van der Waals surface area (Å²) in [6, 6.07) is 30.1. The molecular weight excluding hydrogens is 616 g/mol. The standard InChI is InChI=1S/C16H13BrN2OS.C16H14N2OS/c1-20-13-7-4-11-8-15(21)18-19-16(14(11)9-13)10-2-5-12(17)6-3-10;1-19-13-8-7-12-9-15(20)17-18-16(14(12)10-13)11-5-3-2-4-6-11/h2-7,9H,8H2,1H3,(H,18,21);2-8,10H,9H2,1H3,(H,17,20). The summed E-state index contributed by atoms with van der Waals surface area (Å²) in [5.41, 5.74) is 14.2. The van der Waals surface area contributed by atoms with E-state index in [9.17, 15) is 0 Å². The fraction of sp³-hybridized carbons (Fsp3) is 0.125. The Morgan fingerprint density at radius 2 is 1.10 bits per heavy atom. The van der Waals surface area contributed by atoms with Gasteiger partial charge in [-0.1, -0.05) is 95.0 Å². The zero-order valence-electron chi connectivity index (χ0n) is 22.5. The first-order valence-corrected chi connectivity index (χ1v) is 14.4. The van der Waals surface area contributed by atoms with E-state index in [1.165, 1.54) is 0 Å². The summed E-state index contributed by atoms with van der Waals surface area (Å²) in [5, 5.41) is 8.94. The summed E-state index contributed by atoms with van der Waals surface area (Å²) in [4.78, 5) is 1.44. The van der Waals surface area contributed by atoms with E-state index in [4.69, 9.17) is 33.9 Å². The van der Waals surface area contributed by atoms with E-state index in [0.717, 1.165) is 65.8 Å². The summed E-state index contributed by atoms with van der Waals surface area (Å²) in [6.07, 6.45) is 1.37. The minimum atomic E-state index is 0.679. The molecule has 4 aromatic rings. The Labute approximate surface area is 258 Å². The van der Waals surface area contributed by atoms with Crippen LogP contribution in [-0.4, -0.2) is 35.6 Å². The highest BCUT2D eigenvalue weighted by Crippen LogP contribution is 2.25. The summed E-state index contributed by atoms with van der Waals surface area (Å²) in [7, 11) is 3.33. The summed E-state index contributed by atoms with van der Waals surface area (Å²) in [5.74, 6) is 1.63. The Morgan fingerprint density at radius 1 is 0.634 bits per heavy atom. The van der Waals surface area contributed by atoms with Crippen LogP contribution in [0.25, 0.3) is 0 Å². The Hall–Kier alpha value is -3.92. The first kappa shape index (κ1) is 28.6. The largest absolute Gasteiger partial charge is 0.497 e. The molecule has 0 radical (unpaired) electrons. The number of rotatable bonds is 4. The highest BCUT2D eigenvalue weighted by atomic mass is 79.9. The van der Waals surface area contributed by atoms with Crippen molar-refractivity contribution in [2.24, 2.45) is 10.2 Å². The van der Waals surface area contributed by atoms with Crippen LogP contribution in [-0.2, 0) is 12.8 Å².